The van der Waals surface area contributed by atoms with E-state index >= 15 is 0 Å². The van der Waals surface area contributed by atoms with Crippen LogP contribution in [0.4, 0.5) is 0 Å². The maximum absolute atomic E-state index is 11.3. The van der Waals surface area contributed by atoms with Crippen molar-refractivity contribution in [2.45, 2.75) is 19.8 Å². The van der Waals surface area contributed by atoms with Crippen LogP contribution in [0, 0.1) is 5.92 Å². The molecule has 1 aliphatic rings. The molecule has 0 atom stereocenters. The second-order valence-electron chi connectivity index (χ2n) is 2.93. The standard InChI is InChI=1S/C9H15NO/c1-2-3-9(11)8-4-6-10-7-5-8/h2-3,8,10H,4-7H2,1H3/b3-2+. The van der Waals surface area contributed by atoms with Crippen molar-refractivity contribution in [1.29, 1.82) is 0 Å². The zero-order valence-corrected chi connectivity index (χ0v) is 6.97. The first-order chi connectivity index (χ1) is 5.34. The Hall–Kier alpha value is -0.630. The van der Waals surface area contributed by atoms with Crippen molar-refractivity contribution in [3.63, 3.8) is 0 Å². The zero-order valence-electron chi connectivity index (χ0n) is 6.97. The molecule has 2 nitrogen and oxygen atoms in total. The summed E-state index contributed by atoms with van der Waals surface area (Å²) in [6.07, 6.45) is 5.52. The van der Waals surface area contributed by atoms with Gasteiger partial charge in [-0.3, -0.25) is 4.79 Å². The normalized spacial score (nSPS) is 20.8. The van der Waals surface area contributed by atoms with Gasteiger partial charge in [-0.25, -0.2) is 0 Å². The Morgan fingerprint density at radius 3 is 2.64 bits per heavy atom. The van der Waals surface area contributed by atoms with Crippen molar-refractivity contribution in [2.75, 3.05) is 13.1 Å². The number of carbonyl (C=O) groups is 1. The van der Waals surface area contributed by atoms with Gasteiger partial charge in [-0.2, -0.15) is 0 Å². The van der Waals surface area contributed by atoms with Crippen LogP contribution in [-0.2, 0) is 4.79 Å². The largest absolute Gasteiger partial charge is 0.317 e. The third kappa shape index (κ3) is 2.46. The second kappa shape index (κ2) is 4.29. The fraction of sp³-hybridized carbons (Fsp3) is 0.667. The summed E-state index contributed by atoms with van der Waals surface area (Å²) in [6.45, 7) is 3.88. The van der Waals surface area contributed by atoms with E-state index in [2.05, 4.69) is 5.32 Å². The maximum atomic E-state index is 11.3. The summed E-state index contributed by atoms with van der Waals surface area (Å²) in [6, 6.07) is 0. The third-order valence-electron chi connectivity index (χ3n) is 2.07. The molecule has 0 amide bonds. The number of nitrogens with one attached hydrogen (secondary N) is 1. The molecule has 62 valence electrons. The molecule has 0 radical (unpaired) electrons. The van der Waals surface area contributed by atoms with E-state index in [1.807, 2.05) is 13.0 Å². The number of hydrogen-bond acceptors (Lipinski definition) is 2. The fourth-order valence-corrected chi connectivity index (χ4v) is 1.41. The van der Waals surface area contributed by atoms with Gasteiger partial charge in [0.1, 0.15) is 0 Å². The Labute approximate surface area is 67.7 Å². The minimum absolute atomic E-state index is 0.285. The monoisotopic (exact) mass is 153 g/mol. The number of allylic oxidation sites excluding steroid dienone is 2. The average molecular weight is 153 g/mol. The molecule has 1 fully saturated rings. The lowest BCUT2D eigenvalue weighted by atomic mass is 9.93. The van der Waals surface area contributed by atoms with Crippen molar-refractivity contribution in [3.05, 3.63) is 12.2 Å². The van der Waals surface area contributed by atoms with Gasteiger partial charge in [0.15, 0.2) is 5.78 Å². The molecule has 1 saturated heterocycles. The van der Waals surface area contributed by atoms with Crippen LogP contribution in [0.1, 0.15) is 19.8 Å². The fourth-order valence-electron chi connectivity index (χ4n) is 1.41. The molecule has 1 aliphatic heterocycles. The summed E-state index contributed by atoms with van der Waals surface area (Å²) >= 11 is 0. The Bertz CT molecular complexity index is 157. The van der Waals surface area contributed by atoms with Gasteiger partial charge in [-0.15, -0.1) is 0 Å². The number of rotatable bonds is 2. The van der Waals surface area contributed by atoms with Gasteiger partial charge >= 0.3 is 0 Å². The first-order valence-electron chi connectivity index (χ1n) is 4.22. The Balaban J connectivity index is 2.38. The summed E-state index contributed by atoms with van der Waals surface area (Å²) in [5.74, 6) is 0.585. The molecule has 0 aromatic heterocycles. The number of hydrogen-bond donors (Lipinski definition) is 1. The number of piperidine rings is 1. The highest BCUT2D eigenvalue weighted by Crippen LogP contribution is 2.12. The van der Waals surface area contributed by atoms with Gasteiger partial charge in [0.25, 0.3) is 0 Å². The second-order valence-corrected chi connectivity index (χ2v) is 2.93. The molecule has 0 saturated carbocycles. The molecule has 2 heteroatoms. The molecule has 0 aromatic carbocycles. The molecular weight excluding hydrogens is 138 g/mol. The van der Waals surface area contributed by atoms with E-state index < -0.39 is 0 Å². The number of carbonyl (C=O) groups excluding carboxylic acids is 1. The Morgan fingerprint density at radius 1 is 1.45 bits per heavy atom. The van der Waals surface area contributed by atoms with Gasteiger partial charge in [0.05, 0.1) is 0 Å². The molecule has 1 rings (SSSR count). The highest BCUT2D eigenvalue weighted by molar-refractivity contribution is 5.91. The van der Waals surface area contributed by atoms with Crippen molar-refractivity contribution < 1.29 is 4.79 Å². The maximum Gasteiger partial charge on any atom is 0.158 e. The molecule has 0 unspecified atom stereocenters. The van der Waals surface area contributed by atoms with Gasteiger partial charge in [-0.1, -0.05) is 6.08 Å². The minimum atomic E-state index is 0.285. The topological polar surface area (TPSA) is 29.1 Å². The van der Waals surface area contributed by atoms with Crippen LogP contribution >= 0.6 is 0 Å². The predicted octanol–water partition coefficient (Wildman–Crippen LogP) is 1.13. The quantitative estimate of drug-likeness (QED) is 0.602. The van der Waals surface area contributed by atoms with E-state index in [0.29, 0.717) is 5.78 Å². The predicted molar refractivity (Wildman–Crippen MR) is 45.4 cm³/mol. The smallest absolute Gasteiger partial charge is 0.158 e. The van der Waals surface area contributed by atoms with E-state index in [9.17, 15) is 4.79 Å². The van der Waals surface area contributed by atoms with Crippen LogP contribution in [0.2, 0.25) is 0 Å². The van der Waals surface area contributed by atoms with E-state index in [1.54, 1.807) is 6.08 Å². The molecule has 1 heterocycles. The van der Waals surface area contributed by atoms with Crippen LogP contribution in [0.25, 0.3) is 0 Å². The zero-order chi connectivity index (χ0) is 8.10. The Kier molecular flexibility index (Phi) is 3.30. The van der Waals surface area contributed by atoms with Gasteiger partial charge in [0, 0.05) is 5.92 Å². The summed E-state index contributed by atoms with van der Waals surface area (Å²) < 4.78 is 0. The third-order valence-corrected chi connectivity index (χ3v) is 2.07. The van der Waals surface area contributed by atoms with Gasteiger partial charge in [0.2, 0.25) is 0 Å². The number of ketones is 1. The lowest BCUT2D eigenvalue weighted by Crippen LogP contribution is -2.31. The summed E-state index contributed by atoms with van der Waals surface area (Å²) in [7, 11) is 0. The SMILES string of the molecule is C/C=C/C(=O)C1CCNCC1. The van der Waals surface area contributed by atoms with E-state index in [-0.39, 0.29) is 5.92 Å². The highest BCUT2D eigenvalue weighted by atomic mass is 16.1. The summed E-state index contributed by atoms with van der Waals surface area (Å²) in [5.41, 5.74) is 0. The van der Waals surface area contributed by atoms with E-state index in [1.165, 1.54) is 0 Å². The van der Waals surface area contributed by atoms with Crippen molar-refractivity contribution in [1.82, 2.24) is 5.32 Å². The molecule has 0 bridgehead atoms. The van der Waals surface area contributed by atoms with Crippen LogP contribution in [-0.4, -0.2) is 18.9 Å². The highest BCUT2D eigenvalue weighted by Gasteiger charge is 2.17. The molecular formula is C9H15NO. The van der Waals surface area contributed by atoms with Crippen molar-refractivity contribution in [3.8, 4) is 0 Å². The summed E-state index contributed by atoms with van der Waals surface area (Å²) in [4.78, 5) is 11.3. The van der Waals surface area contributed by atoms with E-state index in [4.69, 9.17) is 0 Å². The first kappa shape index (κ1) is 8.47. The van der Waals surface area contributed by atoms with Gasteiger partial charge in [-0.05, 0) is 38.9 Å². The molecule has 11 heavy (non-hydrogen) atoms. The lowest BCUT2D eigenvalue weighted by molar-refractivity contribution is -0.118. The van der Waals surface area contributed by atoms with Crippen molar-refractivity contribution in [2.24, 2.45) is 5.92 Å². The summed E-state index contributed by atoms with van der Waals surface area (Å²) in [5, 5.41) is 3.24. The average Bonchev–Trinajstić information content (AvgIpc) is 2.07. The van der Waals surface area contributed by atoms with Crippen LogP contribution in [0.5, 0.6) is 0 Å². The lowest BCUT2D eigenvalue weighted by Gasteiger charge is -2.19. The van der Waals surface area contributed by atoms with Crippen molar-refractivity contribution >= 4 is 5.78 Å². The van der Waals surface area contributed by atoms with Crippen LogP contribution in [0.3, 0.4) is 0 Å². The molecule has 0 aliphatic carbocycles. The first-order valence-corrected chi connectivity index (χ1v) is 4.22. The molecule has 1 N–H and O–H groups in total. The van der Waals surface area contributed by atoms with E-state index in [0.717, 1.165) is 25.9 Å². The van der Waals surface area contributed by atoms with Crippen LogP contribution < -0.4 is 5.32 Å². The van der Waals surface area contributed by atoms with Crippen LogP contribution in [0.15, 0.2) is 12.2 Å². The Morgan fingerprint density at radius 2 is 2.09 bits per heavy atom. The van der Waals surface area contributed by atoms with Gasteiger partial charge < -0.3 is 5.32 Å². The minimum Gasteiger partial charge on any atom is -0.317 e. The molecule has 0 aromatic rings. The molecule has 0 spiro atoms.